The van der Waals surface area contributed by atoms with Crippen LogP contribution < -0.4 is 0 Å². The fraction of sp³-hybridized carbons (Fsp3) is 0.778. The van der Waals surface area contributed by atoms with Crippen LogP contribution >= 0.6 is 0 Å². The molecule has 14 heavy (non-hydrogen) atoms. The largest absolute Gasteiger partial charge is 0.305 e. The van der Waals surface area contributed by atoms with Crippen LogP contribution in [0.4, 0.5) is 0 Å². The second-order valence-electron chi connectivity index (χ2n) is 3.80. The van der Waals surface area contributed by atoms with E-state index in [1.54, 1.807) is 0 Å². The molecule has 0 spiro atoms. The topological polar surface area (TPSA) is 84.1 Å². The lowest BCUT2D eigenvalue weighted by molar-refractivity contribution is -0.569. The van der Waals surface area contributed by atoms with Crippen molar-refractivity contribution >= 4 is 12.0 Å². The van der Waals surface area contributed by atoms with Crippen LogP contribution in [0.25, 0.3) is 0 Å². The van der Waals surface area contributed by atoms with E-state index < -0.39 is 5.54 Å². The molecule has 5 heteroatoms. The van der Waals surface area contributed by atoms with Gasteiger partial charge in [0.15, 0.2) is 5.78 Å². The average Bonchev–Trinajstić information content (AvgIpc) is 2.64. The zero-order valence-corrected chi connectivity index (χ0v) is 7.99. The molecule has 0 aliphatic heterocycles. The van der Waals surface area contributed by atoms with Crippen LogP contribution in [-0.4, -0.2) is 22.5 Å². The van der Waals surface area contributed by atoms with Gasteiger partial charge in [0, 0.05) is 30.6 Å². The van der Waals surface area contributed by atoms with E-state index in [0.29, 0.717) is 12.8 Å². The molecule has 0 heterocycles. The number of nitro groups is 1. The summed E-state index contributed by atoms with van der Waals surface area (Å²) in [5.74, 6) is -0.321. The fourth-order valence-electron chi connectivity index (χ4n) is 1.99. The minimum Gasteiger partial charge on any atom is -0.305 e. The number of rotatable bonds is 5. The van der Waals surface area contributed by atoms with Crippen molar-refractivity contribution in [2.24, 2.45) is 0 Å². The lowest BCUT2D eigenvalue weighted by Gasteiger charge is -2.18. The van der Waals surface area contributed by atoms with Crippen LogP contribution in [-0.2, 0) is 4.79 Å². The minimum atomic E-state index is -0.876. The molecule has 5 nitrogen and oxygen atoms in total. The van der Waals surface area contributed by atoms with E-state index in [1.165, 1.54) is 0 Å². The van der Waals surface area contributed by atoms with Gasteiger partial charge in [0.25, 0.3) is 0 Å². The molecule has 1 N–H and O–H groups in total. The van der Waals surface area contributed by atoms with Gasteiger partial charge in [0.1, 0.15) is 0 Å². The van der Waals surface area contributed by atoms with Gasteiger partial charge >= 0.3 is 0 Å². The van der Waals surface area contributed by atoms with Gasteiger partial charge in [-0.05, 0) is 12.8 Å². The highest BCUT2D eigenvalue weighted by Gasteiger charge is 2.45. The van der Waals surface area contributed by atoms with Gasteiger partial charge in [-0.1, -0.05) is 0 Å². The number of ketones is 1. The van der Waals surface area contributed by atoms with E-state index in [-0.39, 0.29) is 23.5 Å². The quantitative estimate of drug-likeness (QED) is 0.413. The number of Topliss-reactive ketones (excluding diaryl/α,β-unsaturated/α-hetero) is 1. The lowest BCUT2D eigenvalue weighted by atomic mass is 9.91. The highest BCUT2D eigenvalue weighted by atomic mass is 16.6. The summed E-state index contributed by atoms with van der Waals surface area (Å²) in [4.78, 5) is 21.5. The number of nitrogens with one attached hydrogen (secondary N) is 1. The first-order chi connectivity index (χ1) is 6.60. The molecule has 0 saturated heterocycles. The fourth-order valence-corrected chi connectivity index (χ4v) is 1.99. The lowest BCUT2D eigenvalue weighted by Crippen LogP contribution is -2.35. The Morgan fingerprint density at radius 3 is 2.50 bits per heavy atom. The molecule has 78 valence electrons. The Morgan fingerprint density at radius 2 is 2.07 bits per heavy atom. The van der Waals surface area contributed by atoms with Gasteiger partial charge in [-0.15, -0.1) is 0 Å². The SMILES string of the molecule is N=CC(=O)CCC1([N+](=O)[O-])CCCC1. The average molecular weight is 198 g/mol. The summed E-state index contributed by atoms with van der Waals surface area (Å²) >= 11 is 0. The van der Waals surface area contributed by atoms with Crippen LogP contribution in [0.3, 0.4) is 0 Å². The van der Waals surface area contributed by atoms with Gasteiger partial charge in [-0.3, -0.25) is 14.9 Å². The molecule has 0 unspecified atom stereocenters. The van der Waals surface area contributed by atoms with Crippen molar-refractivity contribution in [2.75, 3.05) is 0 Å². The monoisotopic (exact) mass is 198 g/mol. The maximum absolute atomic E-state index is 10.9. The molecule has 1 aliphatic rings. The second kappa shape index (κ2) is 4.30. The highest BCUT2D eigenvalue weighted by Crippen LogP contribution is 2.36. The third kappa shape index (κ3) is 2.16. The summed E-state index contributed by atoms with van der Waals surface area (Å²) in [6, 6.07) is 0. The Morgan fingerprint density at radius 1 is 1.50 bits per heavy atom. The van der Waals surface area contributed by atoms with Crippen LogP contribution in [0.1, 0.15) is 38.5 Å². The van der Waals surface area contributed by atoms with Gasteiger partial charge in [-0.2, -0.15) is 0 Å². The standard InChI is InChI=1S/C9H14N2O3/c10-7-8(12)3-6-9(11(13)14)4-1-2-5-9/h7,10H,1-6H2. The second-order valence-corrected chi connectivity index (χ2v) is 3.80. The molecule has 1 rings (SSSR count). The van der Waals surface area contributed by atoms with E-state index in [1.807, 2.05) is 0 Å². The molecule has 1 fully saturated rings. The van der Waals surface area contributed by atoms with Crippen molar-refractivity contribution in [3.63, 3.8) is 0 Å². The third-order valence-corrected chi connectivity index (χ3v) is 2.92. The summed E-state index contributed by atoms with van der Waals surface area (Å²) in [6.45, 7) is 0. The van der Waals surface area contributed by atoms with E-state index in [4.69, 9.17) is 5.41 Å². The third-order valence-electron chi connectivity index (χ3n) is 2.92. The normalized spacial score (nSPS) is 19.1. The Kier molecular flexibility index (Phi) is 3.33. The first-order valence-electron chi connectivity index (χ1n) is 4.78. The molecule has 0 aromatic rings. The summed E-state index contributed by atoms with van der Waals surface area (Å²) in [5, 5.41) is 17.6. The van der Waals surface area contributed by atoms with E-state index >= 15 is 0 Å². The Balaban J connectivity index is 2.56. The summed E-state index contributed by atoms with van der Waals surface area (Å²) in [6.07, 6.45) is 4.05. The Bertz CT molecular complexity index is 257. The number of hydrogen-bond donors (Lipinski definition) is 1. The molecule has 0 radical (unpaired) electrons. The highest BCUT2D eigenvalue weighted by molar-refractivity contribution is 6.26. The predicted octanol–water partition coefficient (Wildman–Crippen LogP) is 1.57. The maximum atomic E-state index is 10.9. The van der Waals surface area contributed by atoms with E-state index in [0.717, 1.165) is 19.1 Å². The zero-order valence-electron chi connectivity index (χ0n) is 7.99. The molecular formula is C9H14N2O3. The number of carbonyl (C=O) groups excluding carboxylic acids is 1. The molecular weight excluding hydrogens is 184 g/mol. The van der Waals surface area contributed by atoms with Crippen LogP contribution in [0.2, 0.25) is 0 Å². The van der Waals surface area contributed by atoms with Crippen LogP contribution in [0.15, 0.2) is 0 Å². The van der Waals surface area contributed by atoms with Crippen LogP contribution in [0, 0.1) is 15.5 Å². The number of carbonyl (C=O) groups is 1. The van der Waals surface area contributed by atoms with Crippen molar-refractivity contribution in [2.45, 2.75) is 44.1 Å². The Labute approximate surface area is 82.2 Å². The predicted molar refractivity (Wildman–Crippen MR) is 51.2 cm³/mol. The molecule has 0 bridgehead atoms. The van der Waals surface area contributed by atoms with Gasteiger partial charge in [-0.25, -0.2) is 0 Å². The van der Waals surface area contributed by atoms with Crippen molar-refractivity contribution in [1.29, 1.82) is 5.41 Å². The first-order valence-corrected chi connectivity index (χ1v) is 4.78. The Hall–Kier alpha value is -1.26. The van der Waals surface area contributed by atoms with Gasteiger partial charge < -0.3 is 5.41 Å². The molecule has 0 aromatic heterocycles. The zero-order chi connectivity index (χ0) is 10.6. The molecule has 0 atom stereocenters. The molecule has 0 aromatic carbocycles. The van der Waals surface area contributed by atoms with Crippen molar-refractivity contribution in [3.8, 4) is 0 Å². The molecule has 1 aliphatic carbocycles. The van der Waals surface area contributed by atoms with Gasteiger partial charge in [0.2, 0.25) is 5.54 Å². The summed E-state index contributed by atoms with van der Waals surface area (Å²) < 4.78 is 0. The van der Waals surface area contributed by atoms with Gasteiger partial charge in [0.05, 0.1) is 6.21 Å². The summed E-state index contributed by atoms with van der Waals surface area (Å²) in [5.41, 5.74) is -0.876. The first kappa shape index (κ1) is 10.8. The minimum absolute atomic E-state index is 0.129. The molecule has 1 saturated carbocycles. The maximum Gasteiger partial charge on any atom is 0.222 e. The van der Waals surface area contributed by atoms with Crippen molar-refractivity contribution in [3.05, 3.63) is 10.1 Å². The van der Waals surface area contributed by atoms with Crippen LogP contribution in [0.5, 0.6) is 0 Å². The smallest absolute Gasteiger partial charge is 0.222 e. The van der Waals surface area contributed by atoms with Crippen molar-refractivity contribution < 1.29 is 9.72 Å². The number of nitrogens with zero attached hydrogens (tertiary/aromatic N) is 1. The van der Waals surface area contributed by atoms with E-state index in [2.05, 4.69) is 0 Å². The van der Waals surface area contributed by atoms with Crippen molar-refractivity contribution in [1.82, 2.24) is 0 Å². The summed E-state index contributed by atoms with van der Waals surface area (Å²) in [7, 11) is 0. The number of hydrogen-bond acceptors (Lipinski definition) is 4. The molecule has 0 amide bonds. The van der Waals surface area contributed by atoms with E-state index in [9.17, 15) is 14.9 Å².